The Labute approximate surface area is 163 Å². The van der Waals surface area contributed by atoms with E-state index in [2.05, 4.69) is 30.6 Å². The van der Waals surface area contributed by atoms with Crippen LogP contribution in [0.2, 0.25) is 0 Å². The van der Waals surface area contributed by atoms with E-state index in [1.165, 1.54) is 12.1 Å². The van der Waals surface area contributed by atoms with Crippen molar-refractivity contribution in [2.45, 2.75) is 23.8 Å². The number of anilines is 1. The van der Waals surface area contributed by atoms with Crippen LogP contribution in [0.4, 0.5) is 5.69 Å². The molecule has 8 nitrogen and oxygen atoms in total. The molecule has 1 atom stereocenters. The Bertz CT molecular complexity index is 1130. The molecule has 3 heterocycles. The van der Waals surface area contributed by atoms with Crippen LogP contribution in [0.1, 0.15) is 18.4 Å². The highest BCUT2D eigenvalue weighted by Gasteiger charge is 2.39. The highest BCUT2D eigenvalue weighted by molar-refractivity contribution is 9.10. The first-order valence-electron chi connectivity index (χ1n) is 8.27. The summed E-state index contributed by atoms with van der Waals surface area (Å²) in [4.78, 5) is 29.1. The normalized spacial score (nSPS) is 20.3. The fourth-order valence-corrected chi connectivity index (χ4v) is 4.88. The van der Waals surface area contributed by atoms with Gasteiger partial charge in [0, 0.05) is 12.1 Å². The lowest BCUT2D eigenvalue weighted by Gasteiger charge is -2.25. The lowest BCUT2D eigenvalue weighted by Crippen LogP contribution is -2.43. The van der Waals surface area contributed by atoms with E-state index < -0.39 is 21.6 Å². The maximum Gasteiger partial charge on any atom is 0.285 e. The molecule has 0 aliphatic carbocycles. The second-order valence-electron chi connectivity index (χ2n) is 6.28. The van der Waals surface area contributed by atoms with Crippen molar-refractivity contribution in [2.24, 2.45) is 4.40 Å². The summed E-state index contributed by atoms with van der Waals surface area (Å²) in [5.41, 5.74) is 0.212. The maximum atomic E-state index is 12.8. The van der Waals surface area contributed by atoms with Crippen LogP contribution in [0.25, 0.3) is 0 Å². The van der Waals surface area contributed by atoms with Crippen LogP contribution in [0.3, 0.4) is 0 Å². The molecule has 1 unspecified atom stereocenters. The van der Waals surface area contributed by atoms with Gasteiger partial charge in [-0.05, 0) is 53.0 Å². The average Bonchev–Trinajstić information content (AvgIpc) is 3.21. The molecule has 0 spiro atoms. The monoisotopic (exact) mass is 450 g/mol. The number of carbonyl (C=O) groups is 1. The number of likely N-dealkylation sites (tertiary alicyclic amines) is 1. The zero-order chi connectivity index (χ0) is 19.2. The van der Waals surface area contributed by atoms with Gasteiger partial charge in [0.05, 0.1) is 4.60 Å². The molecule has 0 radical (unpaired) electrons. The van der Waals surface area contributed by atoms with Gasteiger partial charge in [-0.2, -0.15) is 8.42 Å². The van der Waals surface area contributed by atoms with Crippen LogP contribution >= 0.6 is 15.9 Å². The van der Waals surface area contributed by atoms with E-state index in [1.807, 2.05) is 0 Å². The molecule has 1 amide bonds. The number of pyridine rings is 1. The Hall–Kier alpha value is -2.46. The molecule has 2 aliphatic rings. The van der Waals surface area contributed by atoms with Gasteiger partial charge < -0.3 is 15.2 Å². The van der Waals surface area contributed by atoms with Crippen LogP contribution in [-0.4, -0.2) is 42.6 Å². The molecule has 2 aliphatic heterocycles. The van der Waals surface area contributed by atoms with E-state index in [0.29, 0.717) is 23.1 Å². The number of benzene rings is 1. The Morgan fingerprint density at radius 1 is 1.26 bits per heavy atom. The van der Waals surface area contributed by atoms with Crippen LogP contribution < -0.4 is 10.9 Å². The number of hydrogen-bond acceptors (Lipinski definition) is 5. The maximum absolute atomic E-state index is 12.8. The van der Waals surface area contributed by atoms with Crippen molar-refractivity contribution >= 4 is 43.4 Å². The molecular weight excluding hydrogens is 436 g/mol. The van der Waals surface area contributed by atoms with Gasteiger partial charge in [-0.25, -0.2) is 0 Å². The molecule has 10 heteroatoms. The third kappa shape index (κ3) is 3.19. The van der Waals surface area contributed by atoms with Crippen LogP contribution in [0.15, 0.2) is 55.1 Å². The zero-order valence-electron chi connectivity index (χ0n) is 14.0. The average molecular weight is 451 g/mol. The van der Waals surface area contributed by atoms with Gasteiger partial charge in [-0.3, -0.25) is 9.59 Å². The molecule has 1 saturated heterocycles. The molecule has 4 rings (SSSR count). The number of amides is 1. The molecular formula is C17H15BrN4O4S. The molecule has 1 aromatic heterocycles. The summed E-state index contributed by atoms with van der Waals surface area (Å²) in [6.45, 7) is 0.511. The number of sulfonamides is 1. The van der Waals surface area contributed by atoms with Crippen molar-refractivity contribution in [3.8, 4) is 0 Å². The first-order valence-corrected chi connectivity index (χ1v) is 10.5. The number of nitrogens with zero attached hydrogens (tertiary/aromatic N) is 2. The van der Waals surface area contributed by atoms with Gasteiger partial charge in [0.2, 0.25) is 5.91 Å². The minimum Gasteiger partial charge on any atom is -0.343 e. The molecule has 1 fully saturated rings. The van der Waals surface area contributed by atoms with Gasteiger partial charge in [0.1, 0.15) is 16.6 Å². The summed E-state index contributed by atoms with van der Waals surface area (Å²) in [6, 6.07) is 9.09. The first kappa shape index (κ1) is 17.9. The van der Waals surface area contributed by atoms with Crippen LogP contribution in [0.5, 0.6) is 0 Å². The first-order chi connectivity index (χ1) is 12.9. The van der Waals surface area contributed by atoms with Crippen molar-refractivity contribution in [3.63, 3.8) is 0 Å². The summed E-state index contributed by atoms with van der Waals surface area (Å²) in [7, 11) is -3.76. The number of fused-ring (bicyclic) bond motifs is 1. The lowest BCUT2D eigenvalue weighted by atomic mass is 10.1. The van der Waals surface area contributed by atoms with E-state index in [9.17, 15) is 18.0 Å². The Morgan fingerprint density at radius 2 is 2.04 bits per heavy atom. The molecule has 0 bridgehead atoms. The van der Waals surface area contributed by atoms with E-state index >= 15 is 0 Å². The van der Waals surface area contributed by atoms with E-state index in [-0.39, 0.29) is 22.3 Å². The summed E-state index contributed by atoms with van der Waals surface area (Å²) in [5, 5.41) is 2.63. The van der Waals surface area contributed by atoms with Crippen molar-refractivity contribution in [2.75, 3.05) is 11.9 Å². The number of H-pyrrole nitrogens is 1. The number of carbonyl (C=O) groups excluding carboxylic acids is 1. The number of nitrogens with one attached hydrogen (secondary N) is 2. The van der Waals surface area contributed by atoms with Gasteiger partial charge in [0.15, 0.2) is 5.84 Å². The quantitative estimate of drug-likeness (QED) is 0.676. The van der Waals surface area contributed by atoms with E-state index in [0.717, 1.165) is 6.42 Å². The third-order valence-electron chi connectivity index (χ3n) is 4.57. The summed E-state index contributed by atoms with van der Waals surface area (Å²) in [6.07, 6.45) is 1.26. The van der Waals surface area contributed by atoms with Gasteiger partial charge in [0.25, 0.3) is 15.6 Å². The molecule has 0 saturated carbocycles. The predicted molar refractivity (Wildman–Crippen MR) is 103 cm³/mol. The summed E-state index contributed by atoms with van der Waals surface area (Å²) >= 11 is 3.16. The number of rotatable bonds is 2. The second kappa shape index (κ2) is 6.61. The largest absolute Gasteiger partial charge is 0.343 e. The topological polar surface area (TPSA) is 112 Å². The lowest BCUT2D eigenvalue weighted by molar-refractivity contribution is -0.119. The molecule has 1 aromatic carbocycles. The van der Waals surface area contributed by atoms with Gasteiger partial charge in [-0.15, -0.1) is 4.40 Å². The highest BCUT2D eigenvalue weighted by atomic mass is 79.9. The van der Waals surface area contributed by atoms with Crippen molar-refractivity contribution in [1.82, 2.24) is 9.88 Å². The van der Waals surface area contributed by atoms with E-state index in [4.69, 9.17) is 0 Å². The SMILES string of the molecule is O=C(Nc1ccc(Br)[nH]c1=O)C1CCCN1C1=NS(=O)(=O)c2ccccc21. The molecule has 140 valence electrons. The number of halogens is 1. The smallest absolute Gasteiger partial charge is 0.285 e. The minimum atomic E-state index is -3.76. The standard InChI is InChI=1S/C17H15BrN4O4S/c18-14-8-7-11(16(23)20-14)19-17(24)12-5-3-9-22(12)15-10-4-1-2-6-13(10)27(25,26)21-15/h1-2,4,6-8,12H,3,5,9H2,(H,19,24)(H,20,23). The predicted octanol–water partition coefficient (Wildman–Crippen LogP) is 1.69. The van der Waals surface area contributed by atoms with Crippen LogP contribution in [0, 0.1) is 0 Å². The number of amidine groups is 1. The number of hydrogen-bond donors (Lipinski definition) is 2. The molecule has 27 heavy (non-hydrogen) atoms. The zero-order valence-corrected chi connectivity index (χ0v) is 16.4. The Morgan fingerprint density at radius 3 is 2.81 bits per heavy atom. The van der Waals surface area contributed by atoms with Crippen LogP contribution in [-0.2, 0) is 14.8 Å². The second-order valence-corrected chi connectivity index (χ2v) is 8.70. The number of aromatic amines is 1. The Balaban J connectivity index is 1.63. The third-order valence-corrected chi connectivity index (χ3v) is 6.36. The summed E-state index contributed by atoms with van der Waals surface area (Å²) < 4.78 is 29.0. The fourth-order valence-electron chi connectivity index (χ4n) is 3.35. The van der Waals surface area contributed by atoms with E-state index in [1.54, 1.807) is 29.2 Å². The molecule has 2 aromatic rings. The van der Waals surface area contributed by atoms with Crippen molar-refractivity contribution in [3.05, 3.63) is 56.9 Å². The van der Waals surface area contributed by atoms with Crippen molar-refractivity contribution in [1.29, 1.82) is 0 Å². The minimum absolute atomic E-state index is 0.136. The van der Waals surface area contributed by atoms with Gasteiger partial charge >= 0.3 is 0 Å². The number of aromatic nitrogens is 1. The highest BCUT2D eigenvalue weighted by Crippen LogP contribution is 2.31. The fraction of sp³-hybridized carbons (Fsp3) is 0.235. The Kier molecular flexibility index (Phi) is 4.39. The van der Waals surface area contributed by atoms with Gasteiger partial charge in [-0.1, -0.05) is 12.1 Å². The molecule has 2 N–H and O–H groups in total. The van der Waals surface area contributed by atoms with Crippen molar-refractivity contribution < 1.29 is 13.2 Å². The summed E-state index contributed by atoms with van der Waals surface area (Å²) in [5.74, 6) is -0.0854.